The van der Waals surface area contributed by atoms with Gasteiger partial charge >= 0.3 is 0 Å². The number of anilines is 1. The van der Waals surface area contributed by atoms with E-state index < -0.39 is 0 Å². The molecule has 3 heteroatoms. The lowest BCUT2D eigenvalue weighted by molar-refractivity contribution is 0.106. The second kappa shape index (κ2) is 5.72. The normalized spacial score (nSPS) is 25.8. The molecule has 2 rings (SSSR count). The Balaban J connectivity index is 2.24. The van der Waals surface area contributed by atoms with E-state index in [1.54, 1.807) is 0 Å². The minimum absolute atomic E-state index is 0.0179. The van der Waals surface area contributed by atoms with Gasteiger partial charge in [-0.05, 0) is 31.4 Å². The molecule has 0 saturated heterocycles. The average molecular weight is 248 g/mol. The molecule has 1 aromatic rings. The van der Waals surface area contributed by atoms with Gasteiger partial charge in [-0.2, -0.15) is 0 Å². The predicted octanol–water partition coefficient (Wildman–Crippen LogP) is 2.45. The number of aliphatic hydroxyl groups excluding tert-OH is 1. The smallest absolute Gasteiger partial charge is 0.0743 e. The first-order valence-corrected chi connectivity index (χ1v) is 6.86. The van der Waals surface area contributed by atoms with Crippen LogP contribution >= 0.6 is 0 Å². The summed E-state index contributed by atoms with van der Waals surface area (Å²) < 4.78 is 0. The van der Waals surface area contributed by atoms with Gasteiger partial charge in [-0.15, -0.1) is 0 Å². The van der Waals surface area contributed by atoms with Crippen LogP contribution in [0.15, 0.2) is 24.3 Å². The lowest BCUT2D eigenvalue weighted by Gasteiger charge is -2.38. The molecular formula is C15H24N2O. The third kappa shape index (κ3) is 2.68. The molecule has 0 bridgehead atoms. The molecule has 3 N–H and O–H groups in total. The summed E-state index contributed by atoms with van der Waals surface area (Å²) in [7, 11) is 2.07. The largest absolute Gasteiger partial charge is 0.391 e. The molecule has 0 heterocycles. The number of benzene rings is 1. The van der Waals surface area contributed by atoms with Gasteiger partial charge in [0.25, 0.3) is 0 Å². The minimum atomic E-state index is -0.218. The van der Waals surface area contributed by atoms with Crippen LogP contribution in [0.1, 0.15) is 44.2 Å². The van der Waals surface area contributed by atoms with E-state index in [0.717, 1.165) is 30.5 Å². The number of nitrogens with two attached hydrogens (primary N) is 1. The summed E-state index contributed by atoms with van der Waals surface area (Å²) in [4.78, 5) is 2.21. The van der Waals surface area contributed by atoms with Gasteiger partial charge in [-0.3, -0.25) is 0 Å². The Bertz CT molecular complexity index is 392. The van der Waals surface area contributed by atoms with Crippen molar-refractivity contribution in [3.63, 3.8) is 0 Å². The van der Waals surface area contributed by atoms with Crippen molar-refractivity contribution in [2.24, 2.45) is 5.73 Å². The highest BCUT2D eigenvalue weighted by molar-refractivity contribution is 5.55. The molecule has 1 aliphatic rings. The van der Waals surface area contributed by atoms with Gasteiger partial charge in [-0.1, -0.05) is 31.0 Å². The fourth-order valence-corrected chi connectivity index (χ4v) is 2.92. The van der Waals surface area contributed by atoms with Crippen molar-refractivity contribution in [2.75, 3.05) is 11.9 Å². The number of para-hydroxylation sites is 1. The quantitative estimate of drug-likeness (QED) is 0.864. The summed E-state index contributed by atoms with van der Waals surface area (Å²) in [6.07, 6.45) is 4.09. The SMILES string of the molecule is CC(N)c1ccccc1N(C)C1CCCCC1O. The summed E-state index contributed by atoms with van der Waals surface area (Å²) in [6, 6.07) is 8.47. The zero-order valence-corrected chi connectivity index (χ0v) is 11.3. The molecule has 3 nitrogen and oxygen atoms in total. The molecule has 1 aliphatic carbocycles. The van der Waals surface area contributed by atoms with Gasteiger partial charge in [0.2, 0.25) is 0 Å². The lowest BCUT2D eigenvalue weighted by Crippen LogP contribution is -2.44. The Kier molecular flexibility index (Phi) is 4.25. The highest BCUT2D eigenvalue weighted by Gasteiger charge is 2.27. The van der Waals surface area contributed by atoms with Crippen LogP contribution in [0.25, 0.3) is 0 Å². The molecule has 0 aliphatic heterocycles. The van der Waals surface area contributed by atoms with Crippen LogP contribution in [0, 0.1) is 0 Å². The summed E-state index contributed by atoms with van der Waals surface area (Å²) in [5.74, 6) is 0. The third-order valence-electron chi connectivity index (χ3n) is 4.00. The Morgan fingerprint density at radius 2 is 1.94 bits per heavy atom. The van der Waals surface area contributed by atoms with Crippen molar-refractivity contribution in [3.05, 3.63) is 29.8 Å². The van der Waals surface area contributed by atoms with Gasteiger partial charge in [0.15, 0.2) is 0 Å². The van der Waals surface area contributed by atoms with Crippen LogP contribution < -0.4 is 10.6 Å². The monoisotopic (exact) mass is 248 g/mol. The van der Waals surface area contributed by atoms with E-state index in [1.165, 1.54) is 6.42 Å². The Labute approximate surface area is 110 Å². The van der Waals surface area contributed by atoms with Crippen molar-refractivity contribution < 1.29 is 5.11 Å². The van der Waals surface area contributed by atoms with E-state index in [2.05, 4.69) is 24.1 Å². The minimum Gasteiger partial charge on any atom is -0.391 e. The highest BCUT2D eigenvalue weighted by Crippen LogP contribution is 2.30. The first-order chi connectivity index (χ1) is 8.61. The molecule has 1 fully saturated rings. The zero-order chi connectivity index (χ0) is 13.1. The first-order valence-electron chi connectivity index (χ1n) is 6.86. The molecule has 18 heavy (non-hydrogen) atoms. The topological polar surface area (TPSA) is 49.5 Å². The first kappa shape index (κ1) is 13.4. The van der Waals surface area contributed by atoms with E-state index in [1.807, 2.05) is 19.1 Å². The molecule has 0 aromatic heterocycles. The Morgan fingerprint density at radius 3 is 2.61 bits per heavy atom. The van der Waals surface area contributed by atoms with Crippen LogP contribution in [0.4, 0.5) is 5.69 Å². The molecule has 3 atom stereocenters. The second-order valence-electron chi connectivity index (χ2n) is 5.38. The van der Waals surface area contributed by atoms with Gasteiger partial charge in [-0.25, -0.2) is 0 Å². The second-order valence-corrected chi connectivity index (χ2v) is 5.38. The van der Waals surface area contributed by atoms with Crippen LogP contribution in [-0.2, 0) is 0 Å². The fourth-order valence-electron chi connectivity index (χ4n) is 2.92. The van der Waals surface area contributed by atoms with E-state index >= 15 is 0 Å². The molecule has 3 unspecified atom stereocenters. The Hall–Kier alpha value is -1.06. The number of likely N-dealkylation sites (N-methyl/N-ethyl adjacent to an activating group) is 1. The fraction of sp³-hybridized carbons (Fsp3) is 0.600. The molecular weight excluding hydrogens is 224 g/mol. The number of rotatable bonds is 3. The van der Waals surface area contributed by atoms with Gasteiger partial charge in [0.1, 0.15) is 0 Å². The van der Waals surface area contributed by atoms with Crippen LogP contribution in [-0.4, -0.2) is 24.3 Å². The maximum absolute atomic E-state index is 10.2. The summed E-state index contributed by atoms with van der Waals surface area (Å²) in [5, 5.41) is 10.2. The van der Waals surface area contributed by atoms with E-state index in [-0.39, 0.29) is 18.2 Å². The number of nitrogens with zero attached hydrogens (tertiary/aromatic N) is 1. The molecule has 100 valence electrons. The number of hydrogen-bond acceptors (Lipinski definition) is 3. The molecule has 1 aromatic carbocycles. The summed E-state index contributed by atoms with van der Waals surface area (Å²) in [6.45, 7) is 2.00. The zero-order valence-electron chi connectivity index (χ0n) is 11.3. The lowest BCUT2D eigenvalue weighted by atomic mass is 9.90. The maximum Gasteiger partial charge on any atom is 0.0743 e. The van der Waals surface area contributed by atoms with Crippen molar-refractivity contribution in [1.29, 1.82) is 0 Å². The highest BCUT2D eigenvalue weighted by atomic mass is 16.3. The van der Waals surface area contributed by atoms with Crippen LogP contribution in [0.2, 0.25) is 0 Å². The molecule has 0 amide bonds. The van der Waals surface area contributed by atoms with E-state index in [4.69, 9.17) is 5.73 Å². The molecule has 1 saturated carbocycles. The van der Waals surface area contributed by atoms with Gasteiger partial charge < -0.3 is 15.7 Å². The van der Waals surface area contributed by atoms with Gasteiger partial charge in [0, 0.05) is 18.8 Å². The van der Waals surface area contributed by atoms with Crippen LogP contribution in [0.3, 0.4) is 0 Å². The molecule has 0 radical (unpaired) electrons. The summed E-state index contributed by atoms with van der Waals surface area (Å²) in [5.41, 5.74) is 8.33. The number of aliphatic hydroxyl groups is 1. The number of hydrogen-bond donors (Lipinski definition) is 2. The van der Waals surface area contributed by atoms with Gasteiger partial charge in [0.05, 0.1) is 12.1 Å². The third-order valence-corrected chi connectivity index (χ3v) is 4.00. The van der Waals surface area contributed by atoms with E-state index in [0.29, 0.717) is 0 Å². The van der Waals surface area contributed by atoms with Crippen molar-refractivity contribution in [2.45, 2.75) is 50.8 Å². The summed E-state index contributed by atoms with van der Waals surface area (Å²) >= 11 is 0. The van der Waals surface area contributed by atoms with Crippen molar-refractivity contribution in [1.82, 2.24) is 0 Å². The predicted molar refractivity (Wildman–Crippen MR) is 75.7 cm³/mol. The standard InChI is InChI=1S/C15H24N2O/c1-11(16)12-7-3-4-8-13(12)17(2)14-9-5-6-10-15(14)18/h3-4,7-8,11,14-15,18H,5-6,9-10,16H2,1-2H3. The maximum atomic E-state index is 10.2. The van der Waals surface area contributed by atoms with Crippen molar-refractivity contribution >= 4 is 5.69 Å². The Morgan fingerprint density at radius 1 is 1.28 bits per heavy atom. The van der Waals surface area contributed by atoms with E-state index in [9.17, 15) is 5.11 Å². The molecule has 0 spiro atoms. The van der Waals surface area contributed by atoms with Crippen molar-refractivity contribution in [3.8, 4) is 0 Å². The average Bonchev–Trinajstić information content (AvgIpc) is 2.38. The van der Waals surface area contributed by atoms with Crippen LogP contribution in [0.5, 0.6) is 0 Å².